The number of nitrogen functional groups attached to an aromatic ring is 1. The second-order valence-electron chi connectivity index (χ2n) is 5.22. The molecule has 3 N–H and O–H groups in total. The molecule has 0 amide bonds. The van der Waals surface area contributed by atoms with Crippen molar-refractivity contribution >= 4 is 44.0 Å². The first-order valence-electron chi connectivity index (χ1n) is 7.24. The van der Waals surface area contributed by atoms with Gasteiger partial charge in [0, 0.05) is 0 Å². The Morgan fingerprint density at radius 3 is 2.33 bits per heavy atom. The molecule has 0 aliphatic carbocycles. The van der Waals surface area contributed by atoms with Gasteiger partial charge in [0.1, 0.15) is 27.2 Å². The fourth-order valence-corrected chi connectivity index (χ4v) is 3.74. The molecule has 3 rings (SSSR count). The standard InChI is InChI=1S/C16H10F3N3O3S2/c17-8-4-3-5-9(18)12(8)13(23)14-15(20)22-16(26-14)21-10-6-1-2-7-11(10)27(19,24)25/h1-7H,20H2,(H,21,22). The first kappa shape index (κ1) is 18.9. The van der Waals surface area contributed by atoms with Gasteiger partial charge in [-0.2, -0.15) is 8.42 Å². The predicted octanol–water partition coefficient (Wildman–Crippen LogP) is 3.64. The maximum atomic E-state index is 13.8. The number of anilines is 3. The molecule has 2 aromatic carbocycles. The van der Waals surface area contributed by atoms with E-state index in [1.54, 1.807) is 0 Å². The molecule has 0 bridgehead atoms. The molecule has 0 atom stereocenters. The Morgan fingerprint density at radius 2 is 1.70 bits per heavy atom. The third-order valence-electron chi connectivity index (χ3n) is 3.44. The van der Waals surface area contributed by atoms with E-state index in [1.165, 1.54) is 18.2 Å². The highest BCUT2D eigenvalue weighted by atomic mass is 32.3. The van der Waals surface area contributed by atoms with Crippen molar-refractivity contribution in [2.75, 3.05) is 11.1 Å². The number of halogens is 3. The fraction of sp³-hybridized carbons (Fsp3) is 0. The lowest BCUT2D eigenvalue weighted by Crippen LogP contribution is -2.07. The van der Waals surface area contributed by atoms with E-state index >= 15 is 0 Å². The van der Waals surface area contributed by atoms with Gasteiger partial charge in [-0.15, -0.1) is 3.89 Å². The first-order valence-corrected chi connectivity index (χ1v) is 9.44. The molecule has 0 spiro atoms. The minimum Gasteiger partial charge on any atom is -0.382 e. The summed E-state index contributed by atoms with van der Waals surface area (Å²) in [4.78, 5) is 15.4. The minimum atomic E-state index is -5.01. The van der Waals surface area contributed by atoms with Crippen molar-refractivity contribution in [3.05, 3.63) is 64.5 Å². The zero-order chi connectivity index (χ0) is 19.8. The van der Waals surface area contributed by atoms with Gasteiger partial charge >= 0.3 is 10.2 Å². The number of aromatic nitrogens is 1. The van der Waals surface area contributed by atoms with Crippen LogP contribution in [0.4, 0.5) is 29.3 Å². The molecule has 0 saturated carbocycles. The average molecular weight is 413 g/mol. The van der Waals surface area contributed by atoms with Crippen LogP contribution in [0.25, 0.3) is 0 Å². The minimum absolute atomic E-state index is 0.0521. The maximum absolute atomic E-state index is 13.8. The number of carbonyl (C=O) groups excluding carboxylic acids is 1. The van der Waals surface area contributed by atoms with Gasteiger partial charge in [0.15, 0.2) is 5.13 Å². The van der Waals surface area contributed by atoms with Gasteiger partial charge in [0.25, 0.3) is 0 Å². The van der Waals surface area contributed by atoms with Gasteiger partial charge in [-0.1, -0.05) is 29.5 Å². The Kier molecular flexibility index (Phi) is 4.89. The third kappa shape index (κ3) is 3.78. The molecule has 140 valence electrons. The molecule has 0 radical (unpaired) electrons. The van der Waals surface area contributed by atoms with Gasteiger partial charge in [0.05, 0.1) is 11.3 Å². The number of ketones is 1. The summed E-state index contributed by atoms with van der Waals surface area (Å²) >= 11 is 0.647. The summed E-state index contributed by atoms with van der Waals surface area (Å²) in [6.07, 6.45) is 0. The summed E-state index contributed by atoms with van der Waals surface area (Å²) in [6.45, 7) is 0. The SMILES string of the molecule is Nc1nc(Nc2ccccc2S(=O)(=O)F)sc1C(=O)c1c(F)cccc1F. The van der Waals surface area contributed by atoms with Crippen molar-refractivity contribution in [3.8, 4) is 0 Å². The van der Waals surface area contributed by atoms with Crippen LogP contribution in [0.5, 0.6) is 0 Å². The molecule has 1 heterocycles. The smallest absolute Gasteiger partial charge is 0.334 e. The Labute approximate surface area is 155 Å². The van der Waals surface area contributed by atoms with Crippen molar-refractivity contribution in [2.45, 2.75) is 4.90 Å². The number of carbonyl (C=O) groups is 1. The molecule has 6 nitrogen and oxygen atoms in total. The summed E-state index contributed by atoms with van der Waals surface area (Å²) in [6, 6.07) is 8.05. The summed E-state index contributed by atoms with van der Waals surface area (Å²) in [7, 11) is -5.01. The number of nitrogens with zero attached hydrogens (tertiary/aromatic N) is 1. The van der Waals surface area contributed by atoms with Crippen molar-refractivity contribution in [3.63, 3.8) is 0 Å². The molecule has 0 aliphatic rings. The van der Waals surface area contributed by atoms with Crippen LogP contribution in [0.2, 0.25) is 0 Å². The monoisotopic (exact) mass is 413 g/mol. The first-order chi connectivity index (χ1) is 12.7. The Hall–Kier alpha value is -2.92. The van der Waals surface area contributed by atoms with Crippen LogP contribution in [0.3, 0.4) is 0 Å². The van der Waals surface area contributed by atoms with Gasteiger partial charge in [-0.05, 0) is 24.3 Å². The van der Waals surface area contributed by atoms with Crippen molar-refractivity contribution in [1.29, 1.82) is 0 Å². The van der Waals surface area contributed by atoms with E-state index in [-0.39, 0.29) is 21.5 Å². The van der Waals surface area contributed by atoms with E-state index in [4.69, 9.17) is 5.73 Å². The van der Waals surface area contributed by atoms with Crippen LogP contribution in [-0.4, -0.2) is 19.2 Å². The number of nitrogens with one attached hydrogen (secondary N) is 1. The average Bonchev–Trinajstić information content (AvgIpc) is 2.94. The number of hydrogen-bond donors (Lipinski definition) is 2. The molecule has 1 aromatic heterocycles. The second-order valence-corrected chi connectivity index (χ2v) is 7.53. The molecular weight excluding hydrogens is 403 g/mol. The van der Waals surface area contributed by atoms with Gasteiger partial charge in [-0.3, -0.25) is 4.79 Å². The Balaban J connectivity index is 1.98. The number of thiazole rings is 1. The van der Waals surface area contributed by atoms with Crippen molar-refractivity contribution in [1.82, 2.24) is 4.98 Å². The molecule has 27 heavy (non-hydrogen) atoms. The van der Waals surface area contributed by atoms with Crippen LogP contribution in [0.1, 0.15) is 15.2 Å². The second kappa shape index (κ2) is 7.00. The largest absolute Gasteiger partial charge is 0.382 e. The van der Waals surface area contributed by atoms with Crippen LogP contribution < -0.4 is 11.1 Å². The highest BCUT2D eigenvalue weighted by Gasteiger charge is 2.25. The van der Waals surface area contributed by atoms with E-state index in [0.29, 0.717) is 11.3 Å². The number of nitrogens with two attached hydrogens (primary N) is 1. The Bertz CT molecular complexity index is 1130. The van der Waals surface area contributed by atoms with Crippen LogP contribution >= 0.6 is 11.3 Å². The van der Waals surface area contributed by atoms with E-state index in [2.05, 4.69) is 10.3 Å². The highest BCUT2D eigenvalue weighted by Crippen LogP contribution is 2.33. The zero-order valence-corrected chi connectivity index (χ0v) is 14.9. The van der Waals surface area contributed by atoms with E-state index in [9.17, 15) is 25.9 Å². The van der Waals surface area contributed by atoms with Gasteiger partial charge in [-0.25, -0.2) is 13.8 Å². The van der Waals surface area contributed by atoms with Crippen LogP contribution in [0, 0.1) is 11.6 Å². The molecule has 0 saturated heterocycles. The summed E-state index contributed by atoms with van der Waals surface area (Å²) in [5.74, 6) is -3.44. The number of hydrogen-bond acceptors (Lipinski definition) is 7. The molecule has 0 aliphatic heterocycles. The van der Waals surface area contributed by atoms with E-state index in [1.807, 2.05) is 0 Å². The summed E-state index contributed by atoms with van der Waals surface area (Å²) in [5.41, 5.74) is 4.74. The van der Waals surface area contributed by atoms with Crippen LogP contribution in [0.15, 0.2) is 47.4 Å². The topological polar surface area (TPSA) is 102 Å². The summed E-state index contributed by atoms with van der Waals surface area (Å²) < 4.78 is 63.4. The van der Waals surface area contributed by atoms with Crippen molar-refractivity contribution < 1.29 is 25.9 Å². The Morgan fingerprint density at radius 1 is 1.07 bits per heavy atom. The molecular formula is C16H10F3N3O3S2. The number of benzene rings is 2. The normalized spacial score (nSPS) is 11.4. The lowest BCUT2D eigenvalue weighted by Gasteiger charge is -2.06. The lowest BCUT2D eigenvalue weighted by atomic mass is 10.1. The van der Waals surface area contributed by atoms with E-state index < -0.39 is 38.1 Å². The zero-order valence-electron chi connectivity index (χ0n) is 13.2. The lowest BCUT2D eigenvalue weighted by molar-refractivity contribution is 0.103. The van der Waals surface area contributed by atoms with Gasteiger partial charge in [0.2, 0.25) is 5.78 Å². The van der Waals surface area contributed by atoms with Gasteiger partial charge < -0.3 is 11.1 Å². The maximum Gasteiger partial charge on any atom is 0.334 e. The molecule has 3 aromatic rings. The molecule has 11 heteroatoms. The quantitative estimate of drug-likeness (QED) is 0.489. The predicted molar refractivity (Wildman–Crippen MR) is 94.3 cm³/mol. The molecule has 0 unspecified atom stereocenters. The third-order valence-corrected chi connectivity index (χ3v) is 5.31. The number of para-hydroxylation sites is 1. The van der Waals surface area contributed by atoms with E-state index in [0.717, 1.165) is 24.3 Å². The highest BCUT2D eigenvalue weighted by molar-refractivity contribution is 7.86. The molecule has 0 fully saturated rings. The fourth-order valence-electron chi connectivity index (χ4n) is 2.27. The van der Waals surface area contributed by atoms with Crippen LogP contribution in [-0.2, 0) is 10.2 Å². The number of rotatable bonds is 5. The summed E-state index contributed by atoms with van der Waals surface area (Å²) in [5, 5.41) is 2.49. The van der Waals surface area contributed by atoms with Crippen molar-refractivity contribution in [2.24, 2.45) is 0 Å².